The Hall–Kier alpha value is -1.97. The molecule has 1 unspecified atom stereocenters. The number of benzene rings is 1. The van der Waals surface area contributed by atoms with Crippen LogP contribution in [0.4, 0.5) is 0 Å². The molecule has 0 aliphatic heterocycles. The predicted molar refractivity (Wildman–Crippen MR) is 86.2 cm³/mol. The molecule has 1 atom stereocenters. The SMILES string of the molecule is COc1ccc2c3c([nH]c2c1)CCC(C(=O)OC(C)(C)C)C3. The highest BCUT2D eigenvalue weighted by Gasteiger charge is 2.30. The van der Waals surface area contributed by atoms with Crippen molar-refractivity contribution in [2.24, 2.45) is 5.92 Å². The highest BCUT2D eigenvalue weighted by Crippen LogP contribution is 2.34. The van der Waals surface area contributed by atoms with Crippen LogP contribution in [-0.4, -0.2) is 23.7 Å². The van der Waals surface area contributed by atoms with Gasteiger partial charge < -0.3 is 14.5 Å². The van der Waals surface area contributed by atoms with E-state index >= 15 is 0 Å². The van der Waals surface area contributed by atoms with E-state index in [4.69, 9.17) is 9.47 Å². The van der Waals surface area contributed by atoms with Gasteiger partial charge in [-0.05, 0) is 57.7 Å². The summed E-state index contributed by atoms with van der Waals surface area (Å²) in [7, 11) is 1.67. The van der Waals surface area contributed by atoms with Crippen molar-refractivity contribution in [1.82, 2.24) is 4.98 Å². The van der Waals surface area contributed by atoms with E-state index in [0.29, 0.717) is 0 Å². The van der Waals surface area contributed by atoms with Gasteiger partial charge >= 0.3 is 5.97 Å². The van der Waals surface area contributed by atoms with Gasteiger partial charge in [0.05, 0.1) is 13.0 Å². The molecule has 1 aliphatic carbocycles. The van der Waals surface area contributed by atoms with Gasteiger partial charge in [-0.3, -0.25) is 4.79 Å². The van der Waals surface area contributed by atoms with Crippen molar-refractivity contribution in [2.75, 3.05) is 7.11 Å². The average Bonchev–Trinajstić information content (AvgIpc) is 2.81. The van der Waals surface area contributed by atoms with Crippen molar-refractivity contribution in [3.8, 4) is 5.75 Å². The van der Waals surface area contributed by atoms with Crippen LogP contribution in [0.2, 0.25) is 0 Å². The van der Waals surface area contributed by atoms with Crippen LogP contribution < -0.4 is 4.74 Å². The van der Waals surface area contributed by atoms with Gasteiger partial charge in [-0.25, -0.2) is 0 Å². The smallest absolute Gasteiger partial charge is 0.309 e. The fraction of sp³-hybridized carbons (Fsp3) is 0.500. The number of rotatable bonds is 2. The summed E-state index contributed by atoms with van der Waals surface area (Å²) < 4.78 is 10.8. The fourth-order valence-corrected chi connectivity index (χ4v) is 3.12. The van der Waals surface area contributed by atoms with Gasteiger partial charge in [0.25, 0.3) is 0 Å². The third-order valence-corrected chi connectivity index (χ3v) is 4.14. The lowest BCUT2D eigenvalue weighted by Gasteiger charge is -2.26. The van der Waals surface area contributed by atoms with Crippen LogP contribution in [0.25, 0.3) is 10.9 Å². The molecule has 0 fully saturated rings. The summed E-state index contributed by atoms with van der Waals surface area (Å²) in [5.74, 6) is 0.712. The van der Waals surface area contributed by atoms with Gasteiger partial charge in [-0.1, -0.05) is 0 Å². The van der Waals surface area contributed by atoms with Crippen LogP contribution in [0.15, 0.2) is 18.2 Å². The number of aromatic nitrogens is 1. The van der Waals surface area contributed by atoms with E-state index in [1.54, 1.807) is 7.11 Å². The first kappa shape index (κ1) is 14.9. The summed E-state index contributed by atoms with van der Waals surface area (Å²) in [4.78, 5) is 15.8. The van der Waals surface area contributed by atoms with Crippen LogP contribution in [0, 0.1) is 5.92 Å². The number of aryl methyl sites for hydroxylation is 1. The molecule has 0 radical (unpaired) electrons. The van der Waals surface area contributed by atoms with Gasteiger partial charge in [0.2, 0.25) is 0 Å². The van der Waals surface area contributed by atoms with Crippen molar-refractivity contribution in [3.05, 3.63) is 29.5 Å². The van der Waals surface area contributed by atoms with E-state index in [1.165, 1.54) is 16.6 Å². The second kappa shape index (κ2) is 5.34. The first-order valence-electron chi connectivity index (χ1n) is 7.78. The number of methoxy groups -OCH3 is 1. The van der Waals surface area contributed by atoms with Gasteiger partial charge in [0, 0.05) is 22.7 Å². The number of nitrogens with one attached hydrogen (secondary N) is 1. The Labute approximate surface area is 130 Å². The molecule has 3 rings (SSSR count). The second-order valence-corrected chi connectivity index (χ2v) is 6.97. The topological polar surface area (TPSA) is 51.3 Å². The first-order chi connectivity index (χ1) is 10.4. The summed E-state index contributed by atoms with van der Waals surface area (Å²) in [6.45, 7) is 5.74. The minimum Gasteiger partial charge on any atom is -0.497 e. The lowest BCUT2D eigenvalue weighted by Crippen LogP contribution is -2.31. The molecular formula is C18H23NO3. The molecule has 0 saturated carbocycles. The maximum Gasteiger partial charge on any atom is 0.309 e. The first-order valence-corrected chi connectivity index (χ1v) is 7.78. The van der Waals surface area contributed by atoms with Crippen molar-refractivity contribution < 1.29 is 14.3 Å². The molecule has 1 heterocycles. The standard InChI is InChI=1S/C18H23NO3/c1-18(2,3)22-17(20)11-5-8-15-14(9-11)13-7-6-12(21-4)10-16(13)19-15/h6-7,10-11,19H,5,8-9H2,1-4H3. The van der Waals surface area contributed by atoms with Crippen molar-refractivity contribution in [1.29, 1.82) is 0 Å². The summed E-state index contributed by atoms with van der Waals surface area (Å²) in [6, 6.07) is 6.05. The molecule has 4 heteroatoms. The number of esters is 1. The molecule has 0 spiro atoms. The number of H-pyrrole nitrogens is 1. The van der Waals surface area contributed by atoms with Gasteiger partial charge in [-0.15, -0.1) is 0 Å². The molecule has 1 aromatic carbocycles. The highest BCUT2D eigenvalue weighted by molar-refractivity contribution is 5.87. The number of aromatic amines is 1. The summed E-state index contributed by atoms with van der Waals surface area (Å²) in [5, 5.41) is 1.18. The lowest BCUT2D eigenvalue weighted by atomic mass is 9.86. The van der Waals surface area contributed by atoms with E-state index in [9.17, 15) is 4.79 Å². The van der Waals surface area contributed by atoms with Crippen LogP contribution in [-0.2, 0) is 22.4 Å². The third-order valence-electron chi connectivity index (χ3n) is 4.14. The predicted octanol–water partition coefficient (Wildman–Crippen LogP) is 3.62. The van der Waals surface area contributed by atoms with E-state index in [0.717, 1.165) is 30.5 Å². The van der Waals surface area contributed by atoms with Crippen LogP contribution >= 0.6 is 0 Å². The van der Waals surface area contributed by atoms with E-state index in [2.05, 4.69) is 11.1 Å². The zero-order valence-electron chi connectivity index (χ0n) is 13.7. The molecule has 22 heavy (non-hydrogen) atoms. The maximum absolute atomic E-state index is 12.3. The summed E-state index contributed by atoms with van der Waals surface area (Å²) >= 11 is 0. The number of carbonyl (C=O) groups excluding carboxylic acids is 1. The van der Waals surface area contributed by atoms with E-state index in [-0.39, 0.29) is 11.9 Å². The Morgan fingerprint density at radius 3 is 2.77 bits per heavy atom. The fourth-order valence-electron chi connectivity index (χ4n) is 3.12. The highest BCUT2D eigenvalue weighted by atomic mass is 16.6. The zero-order valence-corrected chi connectivity index (χ0v) is 13.7. The number of ether oxygens (including phenoxy) is 2. The lowest BCUT2D eigenvalue weighted by molar-refractivity contribution is -0.160. The Morgan fingerprint density at radius 1 is 1.32 bits per heavy atom. The molecule has 0 bridgehead atoms. The second-order valence-electron chi connectivity index (χ2n) is 6.97. The minimum absolute atomic E-state index is 0.0483. The number of hydrogen-bond acceptors (Lipinski definition) is 3. The Balaban J connectivity index is 1.87. The van der Waals surface area contributed by atoms with Gasteiger partial charge in [-0.2, -0.15) is 0 Å². The van der Waals surface area contributed by atoms with Crippen LogP contribution in [0.1, 0.15) is 38.4 Å². The van der Waals surface area contributed by atoms with E-state index < -0.39 is 5.60 Å². The van der Waals surface area contributed by atoms with Crippen LogP contribution in [0.5, 0.6) is 5.75 Å². The average molecular weight is 301 g/mol. The minimum atomic E-state index is -0.426. The Kier molecular flexibility index (Phi) is 3.63. The van der Waals surface area contributed by atoms with Gasteiger partial charge in [0.1, 0.15) is 11.4 Å². The molecule has 1 N–H and O–H groups in total. The molecule has 118 valence electrons. The van der Waals surface area contributed by atoms with Crippen LogP contribution in [0.3, 0.4) is 0 Å². The molecular weight excluding hydrogens is 278 g/mol. The third kappa shape index (κ3) is 2.82. The normalized spacial score (nSPS) is 18.1. The largest absolute Gasteiger partial charge is 0.497 e. The number of carbonyl (C=O) groups is 1. The summed E-state index contributed by atoms with van der Waals surface area (Å²) in [5.41, 5.74) is 3.14. The molecule has 0 amide bonds. The van der Waals surface area contributed by atoms with Crippen molar-refractivity contribution in [2.45, 2.75) is 45.6 Å². The van der Waals surface area contributed by atoms with E-state index in [1.807, 2.05) is 32.9 Å². The maximum atomic E-state index is 12.3. The number of hydrogen-bond donors (Lipinski definition) is 1. The number of fused-ring (bicyclic) bond motifs is 3. The van der Waals surface area contributed by atoms with Gasteiger partial charge in [0.15, 0.2) is 0 Å². The van der Waals surface area contributed by atoms with Crippen molar-refractivity contribution in [3.63, 3.8) is 0 Å². The zero-order chi connectivity index (χ0) is 15.9. The molecule has 4 nitrogen and oxygen atoms in total. The molecule has 0 saturated heterocycles. The van der Waals surface area contributed by atoms with Crippen molar-refractivity contribution >= 4 is 16.9 Å². The quantitative estimate of drug-likeness (QED) is 0.862. The summed E-state index contributed by atoms with van der Waals surface area (Å²) in [6.07, 6.45) is 2.47. The Bertz CT molecular complexity index is 709. The molecule has 1 aliphatic rings. The monoisotopic (exact) mass is 301 g/mol. The molecule has 2 aromatic rings. The molecule has 1 aromatic heterocycles. The Morgan fingerprint density at radius 2 is 2.09 bits per heavy atom.